The number of amides is 1. The molecule has 194 valence electrons. The normalized spacial score (nSPS) is 21.7. The molecule has 1 fully saturated rings. The van der Waals surface area contributed by atoms with Crippen molar-refractivity contribution in [1.29, 1.82) is 0 Å². The van der Waals surface area contributed by atoms with E-state index in [0.29, 0.717) is 63.6 Å². The molecule has 1 saturated carbocycles. The van der Waals surface area contributed by atoms with Gasteiger partial charge in [0.2, 0.25) is 17.8 Å². The predicted molar refractivity (Wildman–Crippen MR) is 142 cm³/mol. The first-order valence-corrected chi connectivity index (χ1v) is 12.7. The van der Waals surface area contributed by atoms with E-state index in [9.17, 15) is 9.18 Å². The molecule has 0 unspecified atom stereocenters. The number of nitrogens with zero attached hydrogens (tertiary/aromatic N) is 4. The van der Waals surface area contributed by atoms with Crippen molar-refractivity contribution in [2.45, 2.75) is 38.6 Å². The summed E-state index contributed by atoms with van der Waals surface area (Å²) >= 11 is 18.9. The van der Waals surface area contributed by atoms with Crippen LogP contribution in [0.5, 0.6) is 0 Å². The van der Waals surface area contributed by atoms with Crippen LogP contribution >= 0.6 is 34.8 Å². The highest BCUT2D eigenvalue weighted by Gasteiger charge is 2.37. The Balaban J connectivity index is 1.57. The summed E-state index contributed by atoms with van der Waals surface area (Å²) in [5.74, 6) is -0.144. The molecule has 0 spiro atoms. The molecule has 3 heterocycles. The maximum atomic E-state index is 14.2. The number of halogens is 4. The number of hydrogen-bond acceptors (Lipinski definition) is 7. The number of carbonyl (C=O) groups excluding carboxylic acids is 1. The third kappa shape index (κ3) is 5.05. The van der Waals surface area contributed by atoms with Crippen molar-refractivity contribution in [1.82, 2.24) is 19.5 Å². The van der Waals surface area contributed by atoms with Crippen molar-refractivity contribution in [3.63, 3.8) is 0 Å². The molecule has 1 aromatic carbocycles. The van der Waals surface area contributed by atoms with Crippen LogP contribution in [0.1, 0.15) is 38.6 Å². The highest BCUT2D eigenvalue weighted by Crippen LogP contribution is 2.44. The molecule has 4 N–H and O–H groups in total. The van der Waals surface area contributed by atoms with Crippen molar-refractivity contribution in [3.05, 3.63) is 57.3 Å². The number of imidazole rings is 1. The maximum Gasteiger partial charge on any atom is 0.229 e. The number of anilines is 3. The first kappa shape index (κ1) is 25.6. The molecule has 5 rings (SSSR count). The molecule has 1 aliphatic heterocycles. The number of rotatable bonds is 6. The number of nitrogens with one attached hydrogen (secondary N) is 2. The van der Waals surface area contributed by atoms with Crippen molar-refractivity contribution < 1.29 is 13.9 Å². The topological polar surface area (TPSA) is 120 Å². The highest BCUT2D eigenvalue weighted by molar-refractivity contribution is 6.41. The molecule has 0 bridgehead atoms. The van der Waals surface area contributed by atoms with Crippen LogP contribution in [0, 0.1) is 5.41 Å². The van der Waals surface area contributed by atoms with E-state index >= 15 is 0 Å². The molecular formula is C24H23Cl3FN7O2. The zero-order valence-electron chi connectivity index (χ0n) is 19.7. The van der Waals surface area contributed by atoms with Crippen molar-refractivity contribution in [2.75, 3.05) is 17.2 Å². The summed E-state index contributed by atoms with van der Waals surface area (Å²) in [6, 6.07) is 3.09. The molecule has 0 radical (unpaired) electrons. The average molecular weight is 567 g/mol. The minimum atomic E-state index is -0.579. The van der Waals surface area contributed by atoms with Crippen LogP contribution in [0.2, 0.25) is 15.1 Å². The second-order valence-electron chi connectivity index (χ2n) is 9.29. The Morgan fingerprint density at radius 2 is 1.89 bits per heavy atom. The van der Waals surface area contributed by atoms with Gasteiger partial charge in [-0.25, -0.2) is 14.4 Å². The number of benzene rings is 1. The molecular weight excluding hydrogens is 544 g/mol. The van der Waals surface area contributed by atoms with Gasteiger partial charge in [0.15, 0.2) is 11.5 Å². The summed E-state index contributed by atoms with van der Waals surface area (Å²) in [6.07, 6.45) is 6.94. The first-order valence-electron chi connectivity index (χ1n) is 11.5. The van der Waals surface area contributed by atoms with Gasteiger partial charge in [-0.2, -0.15) is 4.98 Å². The summed E-state index contributed by atoms with van der Waals surface area (Å²) in [5.41, 5.74) is 6.76. The quantitative estimate of drug-likeness (QED) is 0.321. The molecule has 0 saturated heterocycles. The monoisotopic (exact) mass is 565 g/mol. The molecule has 2 aromatic heterocycles. The fourth-order valence-corrected chi connectivity index (χ4v) is 5.45. The maximum absolute atomic E-state index is 14.2. The van der Waals surface area contributed by atoms with Gasteiger partial charge in [0.25, 0.3) is 0 Å². The van der Waals surface area contributed by atoms with Gasteiger partial charge in [-0.05, 0) is 43.9 Å². The van der Waals surface area contributed by atoms with Gasteiger partial charge in [0.1, 0.15) is 12.1 Å². The standard InChI is InChI=1S/C24H23Cl3FN7O2/c1-24(21(29)36)5-2-13(3-6-24)35-20-18(10-30-22(34-20)31-17-4-7-37-11-16(17)28)32-23(35)33-19-14(26)8-12(25)9-15(19)27/h4,7-10,13H,2-3,5-6,11H2,1H3,(H2,29,36)(H,32,33)(H,30,31,34). The van der Waals surface area contributed by atoms with Gasteiger partial charge in [-0.1, -0.05) is 41.7 Å². The van der Waals surface area contributed by atoms with Crippen LogP contribution in [0.3, 0.4) is 0 Å². The van der Waals surface area contributed by atoms with Gasteiger partial charge in [-0.3, -0.25) is 9.36 Å². The summed E-state index contributed by atoms with van der Waals surface area (Å²) in [7, 11) is 0. The van der Waals surface area contributed by atoms with E-state index in [1.807, 2.05) is 11.5 Å². The second kappa shape index (κ2) is 10.00. The van der Waals surface area contributed by atoms with Crippen molar-refractivity contribution in [3.8, 4) is 0 Å². The summed E-state index contributed by atoms with van der Waals surface area (Å²) in [4.78, 5) is 25.7. The van der Waals surface area contributed by atoms with Crippen LogP contribution in [0.15, 0.2) is 42.2 Å². The Morgan fingerprint density at radius 3 is 2.54 bits per heavy atom. The summed E-state index contributed by atoms with van der Waals surface area (Å²) < 4.78 is 21.1. The Hall–Kier alpha value is -3.08. The van der Waals surface area contributed by atoms with Crippen LogP contribution in [0.4, 0.5) is 22.0 Å². The smallest absolute Gasteiger partial charge is 0.229 e. The van der Waals surface area contributed by atoms with Gasteiger partial charge in [0, 0.05) is 16.5 Å². The van der Waals surface area contributed by atoms with Crippen LogP contribution in [-0.2, 0) is 9.53 Å². The first-order chi connectivity index (χ1) is 17.6. The molecule has 13 heteroatoms. The number of hydrogen-bond donors (Lipinski definition) is 3. The fraction of sp³-hybridized carbons (Fsp3) is 0.333. The molecule has 3 aromatic rings. The lowest BCUT2D eigenvalue weighted by Gasteiger charge is -2.35. The zero-order chi connectivity index (χ0) is 26.3. The van der Waals surface area contributed by atoms with E-state index in [-0.39, 0.29) is 30.2 Å². The number of ether oxygens (including phenoxy) is 1. The van der Waals surface area contributed by atoms with Gasteiger partial charge in [0.05, 0.1) is 33.9 Å². The SMILES string of the molecule is CC1(C(N)=O)CCC(n2c(Nc3c(Cl)cc(Cl)cc3Cl)nc3cnc(NC4=C(F)COC=C4)nc32)CC1. The third-order valence-corrected chi connectivity index (χ3v) is 7.59. The number of nitrogens with two attached hydrogens (primary N) is 1. The van der Waals surface area contributed by atoms with E-state index < -0.39 is 11.2 Å². The predicted octanol–water partition coefficient (Wildman–Crippen LogP) is 6.27. The molecule has 37 heavy (non-hydrogen) atoms. The highest BCUT2D eigenvalue weighted by atomic mass is 35.5. The average Bonchev–Trinajstić information content (AvgIpc) is 3.20. The van der Waals surface area contributed by atoms with E-state index in [2.05, 4.69) is 20.6 Å². The number of aromatic nitrogens is 4. The lowest BCUT2D eigenvalue weighted by atomic mass is 9.73. The number of fused-ring (bicyclic) bond motifs is 1. The molecule has 9 nitrogen and oxygen atoms in total. The van der Waals surface area contributed by atoms with Crippen molar-refractivity contribution >= 4 is 69.5 Å². The molecule has 2 aliphatic rings. The number of allylic oxidation sites excluding steroid dienone is 1. The Kier molecular flexibility index (Phi) is 6.91. The largest absolute Gasteiger partial charge is 0.494 e. The lowest BCUT2D eigenvalue weighted by molar-refractivity contribution is -0.128. The molecule has 1 amide bonds. The van der Waals surface area contributed by atoms with Crippen LogP contribution in [-0.4, -0.2) is 32.0 Å². The Labute approximate surface area is 226 Å². The van der Waals surface area contributed by atoms with E-state index in [4.69, 9.17) is 50.3 Å². The van der Waals surface area contributed by atoms with E-state index in [0.717, 1.165) is 0 Å². The molecule has 0 atom stereocenters. The van der Waals surface area contributed by atoms with Crippen molar-refractivity contribution in [2.24, 2.45) is 11.1 Å². The minimum absolute atomic E-state index is 0.0635. The minimum Gasteiger partial charge on any atom is -0.494 e. The van der Waals surface area contributed by atoms with Crippen LogP contribution < -0.4 is 16.4 Å². The summed E-state index contributed by atoms with van der Waals surface area (Å²) in [5, 5.41) is 7.17. The zero-order valence-corrected chi connectivity index (χ0v) is 22.0. The second-order valence-corrected chi connectivity index (χ2v) is 10.5. The van der Waals surface area contributed by atoms with E-state index in [1.165, 1.54) is 12.3 Å². The molecule has 1 aliphatic carbocycles. The number of carbonyl (C=O) groups is 1. The van der Waals surface area contributed by atoms with Crippen LogP contribution in [0.25, 0.3) is 11.2 Å². The third-order valence-electron chi connectivity index (χ3n) is 6.77. The fourth-order valence-electron chi connectivity index (χ4n) is 4.54. The number of primary amides is 1. The Bertz CT molecular complexity index is 1420. The lowest BCUT2D eigenvalue weighted by Crippen LogP contribution is -2.38. The van der Waals surface area contributed by atoms with Gasteiger partial charge in [-0.15, -0.1) is 0 Å². The van der Waals surface area contributed by atoms with E-state index in [1.54, 1.807) is 18.3 Å². The summed E-state index contributed by atoms with van der Waals surface area (Å²) in [6.45, 7) is 1.72. The van der Waals surface area contributed by atoms with Gasteiger partial charge >= 0.3 is 0 Å². The van der Waals surface area contributed by atoms with Gasteiger partial charge < -0.3 is 21.1 Å². The Morgan fingerprint density at radius 1 is 1.19 bits per heavy atom.